The molecule has 1 aliphatic heterocycles. The molecule has 2 aromatic rings. The summed E-state index contributed by atoms with van der Waals surface area (Å²) in [7, 11) is -1.93. The molecule has 0 spiro atoms. The highest BCUT2D eigenvalue weighted by atomic mass is 35.5. The number of aromatic nitrogens is 1. The molecule has 1 aromatic heterocycles. The van der Waals surface area contributed by atoms with E-state index in [4.69, 9.17) is 32.4 Å². The van der Waals surface area contributed by atoms with E-state index in [1.165, 1.54) is 0 Å². The molecular weight excluding hydrogens is 465 g/mol. The van der Waals surface area contributed by atoms with Crippen LogP contribution in [0.1, 0.15) is 33.6 Å². The molecule has 3 rings (SSSR count). The average Bonchev–Trinajstić information content (AvgIpc) is 2.69. The van der Waals surface area contributed by atoms with Crippen LogP contribution in [0.2, 0.25) is 28.2 Å². The summed E-state index contributed by atoms with van der Waals surface area (Å²) in [4.78, 5) is 18.8. The molecule has 0 radical (unpaired) electrons. The van der Waals surface area contributed by atoms with E-state index in [0.29, 0.717) is 21.6 Å². The number of carbonyl (C=O) groups is 1. The number of piperidine rings is 1. The van der Waals surface area contributed by atoms with Crippen LogP contribution in [0, 0.1) is 0 Å². The topological polar surface area (TPSA) is 63.7 Å². The minimum Gasteiger partial charge on any atom is -0.542 e. The van der Waals surface area contributed by atoms with Crippen molar-refractivity contribution in [2.75, 3.05) is 23.3 Å². The Morgan fingerprint density at radius 2 is 1.84 bits per heavy atom. The van der Waals surface area contributed by atoms with Gasteiger partial charge in [0.1, 0.15) is 17.7 Å². The number of nitrogens with zero attached hydrogens (tertiary/aromatic N) is 2. The number of pyridine rings is 1. The fraction of sp³-hybridized carbons (Fsp3) is 0.478. The fourth-order valence-corrected chi connectivity index (χ4v) is 4.74. The van der Waals surface area contributed by atoms with Crippen molar-refractivity contribution >= 4 is 49.1 Å². The monoisotopic (exact) mass is 495 g/mol. The maximum atomic E-state index is 12.3. The van der Waals surface area contributed by atoms with Crippen LogP contribution < -0.4 is 14.6 Å². The standard InChI is InChI=1S/C23H31Cl2N3O3Si/c1-23(2,3)32(4,5)31-18-7-9-21(26-15-18)27-22(29)30-17-10-12-28(13-11-17)20-8-6-16(24)14-19(20)25/h6-9,14-15,17H,10-13H2,1-5H3,(H,26,27,29). The predicted octanol–water partition coefficient (Wildman–Crippen LogP) is 6.99. The molecule has 2 heterocycles. The van der Waals surface area contributed by atoms with Gasteiger partial charge in [-0.15, -0.1) is 0 Å². The van der Waals surface area contributed by atoms with Crippen molar-refractivity contribution in [2.45, 2.75) is 57.8 Å². The third-order valence-corrected chi connectivity index (χ3v) is 11.0. The lowest BCUT2D eigenvalue weighted by atomic mass is 10.1. The molecule has 32 heavy (non-hydrogen) atoms. The number of hydrogen-bond acceptors (Lipinski definition) is 5. The van der Waals surface area contributed by atoms with Gasteiger partial charge in [0.25, 0.3) is 8.32 Å². The lowest BCUT2D eigenvalue weighted by Gasteiger charge is -2.36. The van der Waals surface area contributed by atoms with E-state index in [1.54, 1.807) is 18.3 Å². The van der Waals surface area contributed by atoms with Crippen LogP contribution in [0.25, 0.3) is 0 Å². The van der Waals surface area contributed by atoms with E-state index in [-0.39, 0.29) is 11.1 Å². The Kier molecular flexibility index (Phi) is 7.63. The molecule has 6 nitrogen and oxygen atoms in total. The van der Waals surface area contributed by atoms with Crippen LogP contribution in [-0.4, -0.2) is 38.6 Å². The Hall–Kier alpha value is -1.96. The minimum atomic E-state index is -1.93. The molecule has 0 saturated carbocycles. The van der Waals surface area contributed by atoms with E-state index >= 15 is 0 Å². The van der Waals surface area contributed by atoms with E-state index < -0.39 is 14.4 Å². The van der Waals surface area contributed by atoms with Crippen LogP contribution >= 0.6 is 23.2 Å². The lowest BCUT2D eigenvalue weighted by Crippen LogP contribution is -2.43. The third-order valence-electron chi connectivity index (χ3n) is 6.11. The SMILES string of the molecule is CC(C)(C)[Si](C)(C)Oc1ccc(NC(=O)OC2CCN(c3ccc(Cl)cc3Cl)CC2)nc1. The van der Waals surface area contributed by atoms with Crippen molar-refractivity contribution in [3.63, 3.8) is 0 Å². The average molecular weight is 497 g/mol. The number of halogens is 2. The fourth-order valence-electron chi connectivity index (χ4n) is 3.20. The van der Waals surface area contributed by atoms with E-state index in [0.717, 1.165) is 31.6 Å². The van der Waals surface area contributed by atoms with E-state index in [2.05, 4.69) is 49.1 Å². The van der Waals surface area contributed by atoms with Gasteiger partial charge >= 0.3 is 6.09 Å². The number of hydrogen-bond donors (Lipinski definition) is 1. The third kappa shape index (κ3) is 6.30. The number of carbonyl (C=O) groups excluding carboxylic acids is 1. The van der Waals surface area contributed by atoms with Crippen molar-refractivity contribution in [2.24, 2.45) is 0 Å². The second kappa shape index (κ2) is 9.89. The number of amides is 1. The second-order valence-electron chi connectivity index (χ2n) is 9.55. The maximum Gasteiger partial charge on any atom is 0.413 e. The summed E-state index contributed by atoms with van der Waals surface area (Å²) < 4.78 is 11.8. The predicted molar refractivity (Wildman–Crippen MR) is 134 cm³/mol. The zero-order valence-electron chi connectivity index (χ0n) is 19.2. The number of nitrogens with one attached hydrogen (secondary N) is 1. The minimum absolute atomic E-state index is 0.0994. The van der Waals surface area contributed by atoms with Crippen molar-refractivity contribution in [1.82, 2.24) is 4.98 Å². The first-order valence-electron chi connectivity index (χ1n) is 10.8. The normalized spacial score (nSPS) is 15.4. The van der Waals surface area contributed by atoms with Crippen LogP contribution in [0.3, 0.4) is 0 Å². The Labute approximate surface area is 201 Å². The summed E-state index contributed by atoms with van der Waals surface area (Å²) in [6, 6.07) is 9.05. The molecule has 0 aliphatic carbocycles. The Bertz CT molecular complexity index is 940. The van der Waals surface area contributed by atoms with Gasteiger partial charge in [-0.1, -0.05) is 44.0 Å². The Morgan fingerprint density at radius 1 is 1.16 bits per heavy atom. The molecule has 1 fully saturated rings. The quantitative estimate of drug-likeness (QED) is 0.452. The second-order valence-corrected chi connectivity index (χ2v) is 15.1. The molecule has 1 saturated heterocycles. The van der Waals surface area contributed by atoms with Gasteiger partial charge in [-0.05, 0) is 48.5 Å². The number of anilines is 2. The summed E-state index contributed by atoms with van der Waals surface area (Å²) in [5.41, 5.74) is 0.947. The van der Waals surface area contributed by atoms with Gasteiger partial charge in [0.2, 0.25) is 0 Å². The van der Waals surface area contributed by atoms with Crippen molar-refractivity contribution in [1.29, 1.82) is 0 Å². The first-order chi connectivity index (χ1) is 14.9. The molecule has 1 aliphatic rings. The van der Waals surface area contributed by atoms with Gasteiger partial charge in [-0.3, -0.25) is 5.32 Å². The molecule has 1 aromatic carbocycles. The highest BCUT2D eigenvalue weighted by molar-refractivity contribution is 6.74. The molecular formula is C23H31Cl2N3O3Si. The van der Waals surface area contributed by atoms with Gasteiger partial charge in [0.15, 0.2) is 0 Å². The van der Waals surface area contributed by atoms with E-state index in [1.807, 2.05) is 18.2 Å². The van der Waals surface area contributed by atoms with Crippen LogP contribution in [0.15, 0.2) is 36.5 Å². The highest BCUT2D eigenvalue weighted by Crippen LogP contribution is 2.37. The lowest BCUT2D eigenvalue weighted by molar-refractivity contribution is 0.0950. The molecule has 0 atom stereocenters. The van der Waals surface area contributed by atoms with Gasteiger partial charge in [0.05, 0.1) is 16.9 Å². The van der Waals surface area contributed by atoms with Gasteiger partial charge in [-0.25, -0.2) is 9.78 Å². The highest BCUT2D eigenvalue weighted by Gasteiger charge is 2.39. The summed E-state index contributed by atoms with van der Waals surface area (Å²) >= 11 is 12.3. The molecule has 9 heteroatoms. The zero-order chi connectivity index (χ0) is 23.5. The van der Waals surface area contributed by atoms with Crippen molar-refractivity contribution < 1.29 is 14.0 Å². The number of rotatable bonds is 5. The van der Waals surface area contributed by atoms with Gasteiger partial charge in [0, 0.05) is 31.0 Å². The van der Waals surface area contributed by atoms with Crippen LogP contribution in [0.4, 0.5) is 16.3 Å². The number of benzene rings is 1. The molecule has 1 N–H and O–H groups in total. The first-order valence-corrected chi connectivity index (χ1v) is 14.4. The summed E-state index contributed by atoms with van der Waals surface area (Å²) in [5, 5.41) is 4.04. The molecule has 1 amide bonds. The van der Waals surface area contributed by atoms with Gasteiger partial charge in [-0.2, -0.15) is 0 Å². The zero-order valence-corrected chi connectivity index (χ0v) is 21.8. The molecule has 174 valence electrons. The van der Waals surface area contributed by atoms with Crippen LogP contribution in [-0.2, 0) is 4.74 Å². The molecule has 0 bridgehead atoms. The summed E-state index contributed by atoms with van der Waals surface area (Å²) in [6.07, 6.45) is 2.43. The number of ether oxygens (including phenoxy) is 1. The summed E-state index contributed by atoms with van der Waals surface area (Å²) in [5.74, 6) is 1.15. The Morgan fingerprint density at radius 3 is 2.41 bits per heavy atom. The van der Waals surface area contributed by atoms with Gasteiger partial charge < -0.3 is 14.1 Å². The van der Waals surface area contributed by atoms with Crippen molar-refractivity contribution in [3.05, 3.63) is 46.6 Å². The Balaban J connectivity index is 1.48. The maximum absolute atomic E-state index is 12.3. The van der Waals surface area contributed by atoms with Crippen molar-refractivity contribution in [3.8, 4) is 5.75 Å². The first kappa shape index (κ1) is 24.7. The summed E-state index contributed by atoms with van der Waals surface area (Å²) in [6.45, 7) is 12.4. The van der Waals surface area contributed by atoms with Crippen LogP contribution in [0.5, 0.6) is 5.75 Å². The smallest absolute Gasteiger partial charge is 0.413 e. The molecule has 0 unspecified atom stereocenters. The largest absolute Gasteiger partial charge is 0.542 e. The van der Waals surface area contributed by atoms with E-state index in [9.17, 15) is 4.79 Å².